The number of nitrogens with one attached hydrogen (secondary N) is 2. The van der Waals surface area contributed by atoms with Crippen LogP contribution in [0.25, 0.3) is 0 Å². The van der Waals surface area contributed by atoms with Gasteiger partial charge in [-0.1, -0.05) is 13.8 Å². The van der Waals surface area contributed by atoms with Gasteiger partial charge in [-0.2, -0.15) is 0 Å². The third kappa shape index (κ3) is 3.20. The van der Waals surface area contributed by atoms with Crippen LogP contribution < -0.4 is 0 Å². The Bertz CT molecular complexity index is 392. The van der Waals surface area contributed by atoms with E-state index in [0.29, 0.717) is 17.3 Å². The van der Waals surface area contributed by atoms with Gasteiger partial charge in [0.05, 0.1) is 13.0 Å². The van der Waals surface area contributed by atoms with Crippen molar-refractivity contribution in [1.82, 2.24) is 9.97 Å². The van der Waals surface area contributed by atoms with Crippen molar-refractivity contribution in [1.29, 1.82) is 0 Å². The highest BCUT2D eigenvalue weighted by atomic mass is 32.1. The number of aromatic amines is 2. The molecular formula is C10H16N2O2S. The van der Waals surface area contributed by atoms with Crippen LogP contribution in [-0.2, 0) is 16.0 Å². The Labute approximate surface area is 94.0 Å². The molecule has 0 atom stereocenters. The topological polar surface area (TPSA) is 57.9 Å². The first kappa shape index (κ1) is 12.0. The van der Waals surface area contributed by atoms with E-state index in [4.69, 9.17) is 17.0 Å². The van der Waals surface area contributed by atoms with Crippen molar-refractivity contribution in [2.75, 3.05) is 6.61 Å². The molecule has 1 aromatic heterocycles. The molecule has 1 rings (SSSR count). The summed E-state index contributed by atoms with van der Waals surface area (Å²) in [6.45, 7) is 6.29. The molecule has 0 bridgehead atoms. The summed E-state index contributed by atoms with van der Waals surface area (Å²) in [4.78, 5) is 17.3. The zero-order valence-corrected chi connectivity index (χ0v) is 10.0. The van der Waals surface area contributed by atoms with E-state index < -0.39 is 0 Å². The van der Waals surface area contributed by atoms with Gasteiger partial charge in [0.1, 0.15) is 0 Å². The fourth-order valence-electron chi connectivity index (χ4n) is 1.42. The van der Waals surface area contributed by atoms with E-state index in [-0.39, 0.29) is 12.4 Å². The third-order valence-electron chi connectivity index (χ3n) is 2.04. The summed E-state index contributed by atoms with van der Waals surface area (Å²) in [7, 11) is 0. The Balaban J connectivity index is 2.84. The molecule has 0 radical (unpaired) electrons. The number of carbonyl (C=O) groups excluding carboxylic acids is 1. The lowest BCUT2D eigenvalue weighted by atomic mass is 10.1. The maximum atomic E-state index is 11.3. The highest BCUT2D eigenvalue weighted by Gasteiger charge is 2.13. The second kappa shape index (κ2) is 5.11. The minimum Gasteiger partial charge on any atom is -0.466 e. The molecule has 15 heavy (non-hydrogen) atoms. The number of aromatic nitrogens is 2. The molecule has 4 nitrogen and oxygen atoms in total. The van der Waals surface area contributed by atoms with Crippen LogP contribution >= 0.6 is 12.2 Å². The van der Waals surface area contributed by atoms with Crippen LogP contribution in [0, 0.1) is 4.77 Å². The van der Waals surface area contributed by atoms with Crippen LogP contribution in [0.15, 0.2) is 0 Å². The molecule has 2 N–H and O–H groups in total. The maximum Gasteiger partial charge on any atom is 0.311 e. The van der Waals surface area contributed by atoms with E-state index in [1.807, 2.05) is 13.8 Å². The van der Waals surface area contributed by atoms with Gasteiger partial charge >= 0.3 is 5.97 Å². The molecule has 0 spiro atoms. The van der Waals surface area contributed by atoms with Gasteiger partial charge in [-0.25, -0.2) is 0 Å². The van der Waals surface area contributed by atoms with Crippen LogP contribution in [0.4, 0.5) is 0 Å². The van der Waals surface area contributed by atoms with Gasteiger partial charge in [0.25, 0.3) is 0 Å². The average molecular weight is 228 g/mol. The molecule has 0 fully saturated rings. The number of carbonyl (C=O) groups is 1. The second-order valence-corrected chi connectivity index (χ2v) is 4.02. The molecule has 0 saturated carbocycles. The maximum absolute atomic E-state index is 11.3. The predicted octanol–water partition coefficient (Wildman–Crippen LogP) is 2.30. The Hall–Kier alpha value is -1.10. The van der Waals surface area contributed by atoms with E-state index in [9.17, 15) is 4.79 Å². The van der Waals surface area contributed by atoms with Gasteiger partial charge in [0.15, 0.2) is 4.77 Å². The van der Waals surface area contributed by atoms with Crippen LogP contribution in [0.2, 0.25) is 0 Å². The first-order valence-corrected chi connectivity index (χ1v) is 5.42. The van der Waals surface area contributed by atoms with Crippen molar-refractivity contribution in [3.8, 4) is 0 Å². The van der Waals surface area contributed by atoms with E-state index in [2.05, 4.69) is 9.97 Å². The molecule has 0 aromatic carbocycles. The fourth-order valence-corrected chi connectivity index (χ4v) is 1.66. The summed E-state index contributed by atoms with van der Waals surface area (Å²) in [6, 6.07) is 0. The molecule has 0 aliphatic carbocycles. The van der Waals surface area contributed by atoms with Crippen LogP contribution in [-0.4, -0.2) is 22.5 Å². The monoisotopic (exact) mass is 228 g/mol. The number of H-pyrrole nitrogens is 2. The van der Waals surface area contributed by atoms with Crippen LogP contribution in [0.3, 0.4) is 0 Å². The Morgan fingerprint density at radius 3 is 2.67 bits per heavy atom. The van der Waals surface area contributed by atoms with E-state index >= 15 is 0 Å². The minimum absolute atomic E-state index is 0.232. The Morgan fingerprint density at radius 2 is 2.13 bits per heavy atom. The molecule has 1 aromatic rings. The number of hydrogen-bond donors (Lipinski definition) is 2. The van der Waals surface area contributed by atoms with Gasteiger partial charge in [0.2, 0.25) is 0 Å². The SMILES string of the molecule is CCOC(=O)Cc1[nH]c(=S)[nH]c1C(C)C. The van der Waals surface area contributed by atoms with Crippen molar-refractivity contribution in [3.63, 3.8) is 0 Å². The third-order valence-corrected chi connectivity index (χ3v) is 2.25. The minimum atomic E-state index is -0.232. The Kier molecular flexibility index (Phi) is 4.08. The molecule has 1 heterocycles. The van der Waals surface area contributed by atoms with Gasteiger partial charge in [-0.05, 0) is 25.1 Å². The number of esters is 1. The lowest BCUT2D eigenvalue weighted by molar-refractivity contribution is -0.142. The van der Waals surface area contributed by atoms with Crippen LogP contribution in [0.5, 0.6) is 0 Å². The second-order valence-electron chi connectivity index (χ2n) is 3.61. The summed E-state index contributed by atoms with van der Waals surface area (Å²) in [5.41, 5.74) is 1.81. The number of hydrogen-bond acceptors (Lipinski definition) is 3. The van der Waals surface area contributed by atoms with Crippen molar-refractivity contribution in [2.24, 2.45) is 0 Å². The van der Waals surface area contributed by atoms with E-state index in [1.54, 1.807) is 6.92 Å². The lowest BCUT2D eigenvalue weighted by Gasteiger charge is -2.05. The molecule has 0 aliphatic heterocycles. The highest BCUT2D eigenvalue weighted by molar-refractivity contribution is 7.71. The molecule has 0 unspecified atom stereocenters. The summed E-state index contributed by atoms with van der Waals surface area (Å²) < 4.78 is 5.44. The normalized spacial score (nSPS) is 10.7. The van der Waals surface area contributed by atoms with Gasteiger partial charge < -0.3 is 14.7 Å². The lowest BCUT2D eigenvalue weighted by Crippen LogP contribution is -2.09. The average Bonchev–Trinajstić information content (AvgIpc) is 2.47. The fraction of sp³-hybridized carbons (Fsp3) is 0.600. The van der Waals surface area contributed by atoms with Crippen molar-refractivity contribution >= 4 is 18.2 Å². The quantitative estimate of drug-likeness (QED) is 0.614. The van der Waals surface area contributed by atoms with Gasteiger partial charge in [-0.15, -0.1) is 0 Å². The first-order chi connectivity index (χ1) is 7.04. The molecule has 0 amide bonds. The molecule has 0 saturated heterocycles. The number of imidazole rings is 1. The van der Waals surface area contributed by atoms with Gasteiger partial charge in [0, 0.05) is 11.4 Å². The van der Waals surface area contributed by atoms with Crippen molar-refractivity contribution in [3.05, 3.63) is 16.2 Å². The van der Waals surface area contributed by atoms with E-state index in [0.717, 1.165) is 11.4 Å². The highest BCUT2D eigenvalue weighted by Crippen LogP contribution is 2.16. The van der Waals surface area contributed by atoms with Gasteiger partial charge in [-0.3, -0.25) is 4.79 Å². The molecular weight excluding hydrogens is 212 g/mol. The first-order valence-electron chi connectivity index (χ1n) is 5.01. The zero-order chi connectivity index (χ0) is 11.4. The largest absolute Gasteiger partial charge is 0.466 e. The zero-order valence-electron chi connectivity index (χ0n) is 9.22. The van der Waals surface area contributed by atoms with Crippen molar-refractivity contribution in [2.45, 2.75) is 33.1 Å². The van der Waals surface area contributed by atoms with Crippen LogP contribution in [0.1, 0.15) is 38.1 Å². The smallest absolute Gasteiger partial charge is 0.311 e. The summed E-state index contributed by atoms with van der Waals surface area (Å²) in [5, 5.41) is 0. The molecule has 0 aliphatic rings. The summed E-state index contributed by atoms with van der Waals surface area (Å²) in [5.74, 6) is 0.0760. The summed E-state index contributed by atoms with van der Waals surface area (Å²) >= 11 is 4.99. The number of rotatable bonds is 4. The predicted molar refractivity (Wildman–Crippen MR) is 60.4 cm³/mol. The van der Waals surface area contributed by atoms with E-state index in [1.165, 1.54) is 0 Å². The summed E-state index contributed by atoms with van der Waals surface area (Å²) in [6.07, 6.45) is 0.245. The van der Waals surface area contributed by atoms with Crippen molar-refractivity contribution < 1.29 is 9.53 Å². The molecule has 84 valence electrons. The standard InChI is InChI=1S/C10H16N2O2S/c1-4-14-8(13)5-7-9(6(2)3)12-10(15)11-7/h6H,4-5H2,1-3H3,(H2,11,12,15). The number of ether oxygens (including phenoxy) is 1. The molecule has 5 heteroatoms. The Morgan fingerprint density at radius 1 is 1.47 bits per heavy atom.